The summed E-state index contributed by atoms with van der Waals surface area (Å²) in [5, 5.41) is 37.3. The number of aromatic hydroxyl groups is 1. The van der Waals surface area contributed by atoms with Crippen molar-refractivity contribution in [2.24, 2.45) is 0 Å². The Morgan fingerprint density at radius 2 is 1.64 bits per heavy atom. The lowest BCUT2D eigenvalue weighted by molar-refractivity contribution is -0.145. The molecule has 0 bridgehead atoms. The Bertz CT molecular complexity index is 1730. The van der Waals surface area contributed by atoms with Gasteiger partial charge in [0.15, 0.2) is 0 Å². The number of likely N-dealkylation sites (tertiary alicyclic amines) is 1. The molecule has 1 fully saturated rings. The zero-order chi connectivity index (χ0) is 32.0. The van der Waals surface area contributed by atoms with Crippen molar-refractivity contribution in [3.63, 3.8) is 0 Å². The zero-order valence-electron chi connectivity index (χ0n) is 24.6. The molecular formula is C33H36N4O7S. The SMILES string of the molecule is O=C(NCCCCNC[C@H](O)c1ccc(O)c2[nH]c(=O)ccc12)c1ccc(C(=O)N2CCC(C(=O)O)(c3ccccc3)CC2)s1. The van der Waals surface area contributed by atoms with Crippen LogP contribution in [-0.4, -0.2) is 75.7 Å². The first-order chi connectivity index (χ1) is 21.7. The number of unbranched alkanes of at least 4 members (excludes halogenated alkanes) is 1. The Hall–Kier alpha value is -4.52. The number of aliphatic carboxylic acids is 1. The molecule has 5 rings (SSSR count). The third kappa shape index (κ3) is 7.08. The van der Waals surface area contributed by atoms with E-state index in [1.165, 1.54) is 12.1 Å². The van der Waals surface area contributed by atoms with Crippen LogP contribution in [0.2, 0.25) is 0 Å². The second-order valence-corrected chi connectivity index (χ2v) is 12.3. The van der Waals surface area contributed by atoms with E-state index >= 15 is 0 Å². The van der Waals surface area contributed by atoms with Gasteiger partial charge in [-0.05, 0) is 67.6 Å². The van der Waals surface area contributed by atoms with Crippen LogP contribution >= 0.6 is 11.3 Å². The Labute approximate surface area is 263 Å². The van der Waals surface area contributed by atoms with Gasteiger partial charge in [0.2, 0.25) is 5.56 Å². The number of phenols is 1. The molecule has 236 valence electrons. The summed E-state index contributed by atoms with van der Waals surface area (Å²) < 4.78 is 0. The van der Waals surface area contributed by atoms with Crippen molar-refractivity contribution < 1.29 is 29.7 Å². The van der Waals surface area contributed by atoms with Gasteiger partial charge in [0.1, 0.15) is 5.75 Å². The van der Waals surface area contributed by atoms with Gasteiger partial charge in [-0.2, -0.15) is 0 Å². The predicted octanol–water partition coefficient (Wildman–Crippen LogP) is 3.39. The minimum atomic E-state index is -1.02. The highest BCUT2D eigenvalue weighted by molar-refractivity contribution is 7.15. The van der Waals surface area contributed by atoms with Crippen LogP contribution in [0.5, 0.6) is 5.75 Å². The molecule has 12 heteroatoms. The van der Waals surface area contributed by atoms with Crippen molar-refractivity contribution in [1.29, 1.82) is 0 Å². The number of aromatic amines is 1. The van der Waals surface area contributed by atoms with E-state index in [2.05, 4.69) is 15.6 Å². The number of hydrogen-bond donors (Lipinski definition) is 6. The normalized spacial score (nSPS) is 15.1. The number of thiophene rings is 1. The van der Waals surface area contributed by atoms with Crippen LogP contribution in [0.1, 0.15) is 62.3 Å². The van der Waals surface area contributed by atoms with E-state index in [-0.39, 0.29) is 35.2 Å². The van der Waals surface area contributed by atoms with E-state index in [1.807, 2.05) is 30.3 Å². The highest BCUT2D eigenvalue weighted by atomic mass is 32.1. The summed E-state index contributed by atoms with van der Waals surface area (Å²) in [6, 6.07) is 18.4. The lowest BCUT2D eigenvalue weighted by Gasteiger charge is -2.39. The fourth-order valence-electron chi connectivity index (χ4n) is 5.77. The summed E-state index contributed by atoms with van der Waals surface area (Å²) in [6.45, 7) is 1.97. The number of benzene rings is 2. The van der Waals surface area contributed by atoms with Gasteiger partial charge in [-0.25, -0.2) is 0 Å². The zero-order valence-corrected chi connectivity index (χ0v) is 25.4. The van der Waals surface area contributed by atoms with E-state index in [1.54, 1.807) is 29.2 Å². The minimum absolute atomic E-state index is 0.0614. The Kier molecular flexibility index (Phi) is 9.96. The minimum Gasteiger partial charge on any atom is -0.506 e. The highest BCUT2D eigenvalue weighted by Crippen LogP contribution is 2.36. The summed E-state index contributed by atoms with van der Waals surface area (Å²) in [6.07, 6.45) is 1.25. The number of aromatic nitrogens is 1. The maximum Gasteiger partial charge on any atom is 0.314 e. The van der Waals surface area contributed by atoms with Crippen molar-refractivity contribution in [2.75, 3.05) is 32.7 Å². The first-order valence-corrected chi connectivity index (χ1v) is 15.7. The average molecular weight is 633 g/mol. The number of fused-ring (bicyclic) bond motifs is 1. The van der Waals surface area contributed by atoms with E-state index in [0.29, 0.717) is 66.1 Å². The van der Waals surface area contributed by atoms with Crippen molar-refractivity contribution in [2.45, 2.75) is 37.2 Å². The first-order valence-electron chi connectivity index (χ1n) is 14.9. The molecule has 2 amide bonds. The molecule has 1 aliphatic heterocycles. The van der Waals surface area contributed by atoms with E-state index < -0.39 is 17.5 Å². The highest BCUT2D eigenvalue weighted by Gasteiger charge is 2.44. The molecule has 3 heterocycles. The number of H-pyrrole nitrogens is 1. The number of carboxylic acids is 1. The maximum atomic E-state index is 13.2. The van der Waals surface area contributed by atoms with Crippen LogP contribution in [0.25, 0.3) is 10.9 Å². The number of piperidine rings is 1. The quantitative estimate of drug-likeness (QED) is 0.129. The van der Waals surface area contributed by atoms with Crippen molar-refractivity contribution in [3.8, 4) is 5.75 Å². The van der Waals surface area contributed by atoms with Gasteiger partial charge in [0.25, 0.3) is 11.8 Å². The lowest BCUT2D eigenvalue weighted by Crippen LogP contribution is -2.49. The van der Waals surface area contributed by atoms with E-state index in [9.17, 15) is 34.5 Å². The van der Waals surface area contributed by atoms with E-state index in [0.717, 1.165) is 23.3 Å². The number of nitrogens with zero attached hydrogens (tertiary/aromatic N) is 1. The van der Waals surface area contributed by atoms with Crippen LogP contribution < -0.4 is 16.2 Å². The molecule has 1 atom stereocenters. The molecule has 0 radical (unpaired) electrons. The molecule has 0 saturated carbocycles. The topological polar surface area (TPSA) is 172 Å². The number of amides is 2. The number of nitrogens with one attached hydrogen (secondary N) is 3. The van der Waals surface area contributed by atoms with E-state index in [4.69, 9.17) is 0 Å². The number of aliphatic hydroxyl groups excluding tert-OH is 1. The van der Waals surface area contributed by atoms with Crippen LogP contribution in [0, 0.1) is 0 Å². The largest absolute Gasteiger partial charge is 0.506 e. The fourth-order valence-corrected chi connectivity index (χ4v) is 6.66. The number of carbonyl (C=O) groups is 3. The van der Waals surface area contributed by atoms with Gasteiger partial charge in [-0.3, -0.25) is 19.2 Å². The molecule has 45 heavy (non-hydrogen) atoms. The first kappa shape index (κ1) is 31.9. The van der Waals surface area contributed by atoms with Crippen molar-refractivity contribution in [1.82, 2.24) is 20.5 Å². The number of carbonyl (C=O) groups excluding carboxylic acids is 2. The Morgan fingerprint density at radius 3 is 2.38 bits per heavy atom. The molecule has 0 unspecified atom stereocenters. The molecule has 2 aromatic carbocycles. The number of rotatable bonds is 12. The standard InChI is InChI=1S/C33H36N4O7S/c38-24-10-8-22(23-9-13-28(40)36-29(23)24)25(39)20-34-16-4-5-17-35-30(41)26-11-12-27(45-26)31(42)37-18-14-33(15-19-37,32(43)44)21-6-2-1-3-7-21/h1-3,6-13,25,34,38-39H,4-5,14-20H2,(H,35,41)(H,36,40)(H,43,44)/t25-/m0/s1. The lowest BCUT2D eigenvalue weighted by atomic mass is 9.73. The van der Waals surface area contributed by atoms with Crippen LogP contribution in [0.3, 0.4) is 0 Å². The summed E-state index contributed by atoms with van der Waals surface area (Å²) in [7, 11) is 0. The molecule has 2 aromatic heterocycles. The Morgan fingerprint density at radius 1 is 0.933 bits per heavy atom. The van der Waals surface area contributed by atoms with Gasteiger partial charge in [-0.1, -0.05) is 36.4 Å². The number of hydrogen-bond acceptors (Lipinski definition) is 8. The van der Waals surface area contributed by atoms with Gasteiger partial charge < -0.3 is 35.8 Å². The number of pyridine rings is 1. The molecule has 0 aliphatic carbocycles. The third-order valence-corrected chi connectivity index (χ3v) is 9.42. The third-order valence-electron chi connectivity index (χ3n) is 8.35. The molecule has 0 spiro atoms. The summed E-state index contributed by atoms with van der Waals surface area (Å²) in [4.78, 5) is 54.8. The second kappa shape index (κ2) is 14.1. The smallest absolute Gasteiger partial charge is 0.314 e. The fraction of sp³-hybridized carbons (Fsp3) is 0.333. The summed E-state index contributed by atoms with van der Waals surface area (Å²) in [5.74, 6) is -1.40. The van der Waals surface area contributed by atoms with Gasteiger partial charge >= 0.3 is 5.97 Å². The summed E-state index contributed by atoms with van der Waals surface area (Å²) in [5.41, 5.74) is 0.269. The van der Waals surface area contributed by atoms with Crippen LogP contribution in [0.4, 0.5) is 0 Å². The second-order valence-electron chi connectivity index (χ2n) is 11.2. The van der Waals surface area contributed by atoms with Crippen molar-refractivity contribution in [3.05, 3.63) is 98.0 Å². The Balaban J connectivity index is 1.03. The van der Waals surface area contributed by atoms with Gasteiger partial charge in [0, 0.05) is 37.6 Å². The molecule has 6 N–H and O–H groups in total. The monoisotopic (exact) mass is 632 g/mol. The van der Waals surface area contributed by atoms with Crippen LogP contribution in [-0.2, 0) is 10.2 Å². The molecule has 4 aromatic rings. The molecule has 11 nitrogen and oxygen atoms in total. The van der Waals surface area contributed by atoms with Crippen LogP contribution in [0.15, 0.2) is 71.5 Å². The number of aliphatic hydroxyl groups is 1. The van der Waals surface area contributed by atoms with Crippen molar-refractivity contribution >= 4 is 40.0 Å². The summed E-state index contributed by atoms with van der Waals surface area (Å²) >= 11 is 1.13. The molecule has 1 saturated heterocycles. The van der Waals surface area contributed by atoms with Gasteiger partial charge in [0.05, 0.1) is 26.8 Å². The average Bonchev–Trinajstić information content (AvgIpc) is 3.55. The van der Waals surface area contributed by atoms with Gasteiger partial charge in [-0.15, -0.1) is 11.3 Å². The molecule has 1 aliphatic rings. The number of phenolic OH excluding ortho intramolecular Hbond substituents is 1. The molecular weight excluding hydrogens is 596 g/mol. The maximum absolute atomic E-state index is 13.2. The predicted molar refractivity (Wildman–Crippen MR) is 171 cm³/mol. The number of carboxylic acid groups (broad SMARTS) is 1.